The number of hydrogen-bond acceptors (Lipinski definition) is 0. The lowest BCUT2D eigenvalue weighted by molar-refractivity contribution is 0.820. The predicted octanol–water partition coefficient (Wildman–Crippen LogP) is 11.0. The van der Waals surface area contributed by atoms with Gasteiger partial charge < -0.3 is 0 Å². The molecule has 1 aliphatic carbocycles. The first-order chi connectivity index (χ1) is 19.8. The molecule has 0 aromatic heterocycles. The van der Waals surface area contributed by atoms with Gasteiger partial charge >= 0.3 is 0 Å². The van der Waals surface area contributed by atoms with Crippen molar-refractivity contribution < 1.29 is 0 Å². The van der Waals surface area contributed by atoms with Gasteiger partial charge in [-0.25, -0.2) is 0 Å². The zero-order valence-corrected chi connectivity index (χ0v) is 22.2. The molecule has 40 heavy (non-hydrogen) atoms. The summed E-state index contributed by atoms with van der Waals surface area (Å²) in [6.07, 6.45) is 5.62. The fraction of sp³-hybridized carbons (Fsp3) is 0.0500. The number of hydrogen-bond donors (Lipinski definition) is 0. The van der Waals surface area contributed by atoms with Gasteiger partial charge in [0.2, 0.25) is 0 Å². The van der Waals surface area contributed by atoms with Crippen molar-refractivity contribution in [2.24, 2.45) is 0 Å². The molecular weight excluding hydrogens is 480 g/mol. The highest BCUT2D eigenvalue weighted by molar-refractivity contribution is 6.10. The van der Waals surface area contributed by atoms with Gasteiger partial charge in [-0.3, -0.25) is 0 Å². The molecule has 0 heterocycles. The van der Waals surface area contributed by atoms with Crippen LogP contribution in [0.5, 0.6) is 0 Å². The zero-order valence-electron chi connectivity index (χ0n) is 22.2. The van der Waals surface area contributed by atoms with E-state index in [2.05, 4.69) is 152 Å². The van der Waals surface area contributed by atoms with E-state index in [1.165, 1.54) is 71.3 Å². The molecular formula is C40H28. The molecule has 188 valence electrons. The smallest absolute Gasteiger partial charge is 0.0130 e. The standard InChI is InChI=1S/C40H28/c1-3-14-35-27(8-1)10-6-16-37(35)31-13-5-12-29(24-31)30-20-22-39-32(25-30)18-19-33-26-34(21-23-40(33)39)38-17-7-11-28-9-2-4-15-36(28)38/h1-15,17-26,37H,16H2. The van der Waals surface area contributed by atoms with Crippen molar-refractivity contribution in [3.63, 3.8) is 0 Å². The van der Waals surface area contributed by atoms with Crippen molar-refractivity contribution in [2.75, 3.05) is 0 Å². The molecule has 0 aliphatic heterocycles. The number of allylic oxidation sites excluding steroid dienone is 1. The lowest BCUT2D eigenvalue weighted by Crippen LogP contribution is -2.05. The maximum absolute atomic E-state index is 2.39. The van der Waals surface area contributed by atoms with Crippen LogP contribution in [0.25, 0.3) is 60.6 Å². The summed E-state index contributed by atoms with van der Waals surface area (Å²) in [5.74, 6) is 0.404. The zero-order chi connectivity index (χ0) is 26.5. The van der Waals surface area contributed by atoms with Gasteiger partial charge in [0.05, 0.1) is 0 Å². The minimum absolute atomic E-state index is 0.404. The molecule has 8 rings (SSSR count). The highest BCUT2D eigenvalue weighted by atomic mass is 14.2. The average molecular weight is 509 g/mol. The average Bonchev–Trinajstić information content (AvgIpc) is 3.03. The third-order valence-corrected chi connectivity index (χ3v) is 8.60. The minimum atomic E-state index is 0.404. The van der Waals surface area contributed by atoms with Crippen LogP contribution in [-0.2, 0) is 0 Å². The molecule has 0 fully saturated rings. The van der Waals surface area contributed by atoms with E-state index in [1.807, 2.05) is 0 Å². The second-order valence-corrected chi connectivity index (χ2v) is 10.9. The molecule has 1 unspecified atom stereocenters. The fourth-order valence-electron chi connectivity index (χ4n) is 6.58. The van der Waals surface area contributed by atoms with Gasteiger partial charge in [-0.1, -0.05) is 140 Å². The van der Waals surface area contributed by atoms with E-state index in [0.29, 0.717) is 5.92 Å². The SMILES string of the molecule is C1=Cc2ccccc2C(c2cccc(-c3ccc4c(ccc5cc(-c6cccc7ccccc67)ccc54)c3)c2)C1. The summed E-state index contributed by atoms with van der Waals surface area (Å²) in [4.78, 5) is 0. The van der Waals surface area contributed by atoms with E-state index in [4.69, 9.17) is 0 Å². The Morgan fingerprint density at radius 1 is 0.450 bits per heavy atom. The largest absolute Gasteiger partial charge is 0.0830 e. The van der Waals surface area contributed by atoms with Crippen molar-refractivity contribution in [3.05, 3.63) is 162 Å². The van der Waals surface area contributed by atoms with Crippen LogP contribution >= 0.6 is 0 Å². The molecule has 0 heteroatoms. The topological polar surface area (TPSA) is 0 Å². The van der Waals surface area contributed by atoms with Crippen LogP contribution in [0.3, 0.4) is 0 Å². The highest BCUT2D eigenvalue weighted by Gasteiger charge is 2.19. The Morgan fingerprint density at radius 3 is 2.05 bits per heavy atom. The molecule has 0 nitrogen and oxygen atoms in total. The monoisotopic (exact) mass is 508 g/mol. The Hall–Kier alpha value is -4.94. The highest BCUT2D eigenvalue weighted by Crippen LogP contribution is 2.38. The molecule has 1 atom stereocenters. The van der Waals surface area contributed by atoms with Crippen molar-refractivity contribution in [1.29, 1.82) is 0 Å². The van der Waals surface area contributed by atoms with Crippen LogP contribution in [0, 0.1) is 0 Å². The van der Waals surface area contributed by atoms with E-state index in [0.717, 1.165) is 6.42 Å². The number of fused-ring (bicyclic) bond motifs is 5. The number of benzene rings is 7. The van der Waals surface area contributed by atoms with Crippen molar-refractivity contribution >= 4 is 38.4 Å². The summed E-state index contributed by atoms with van der Waals surface area (Å²) in [6.45, 7) is 0. The second kappa shape index (κ2) is 9.36. The molecule has 0 radical (unpaired) electrons. The van der Waals surface area contributed by atoms with E-state index >= 15 is 0 Å². The summed E-state index contributed by atoms with van der Waals surface area (Å²) in [7, 11) is 0. The predicted molar refractivity (Wildman–Crippen MR) is 172 cm³/mol. The van der Waals surface area contributed by atoms with Crippen molar-refractivity contribution in [3.8, 4) is 22.3 Å². The van der Waals surface area contributed by atoms with Gasteiger partial charge in [-0.05, 0) is 89.8 Å². The normalized spacial score (nSPS) is 14.6. The Labute approximate surface area is 234 Å². The first-order valence-corrected chi connectivity index (χ1v) is 14.1. The van der Waals surface area contributed by atoms with Gasteiger partial charge in [-0.2, -0.15) is 0 Å². The second-order valence-electron chi connectivity index (χ2n) is 10.9. The third kappa shape index (κ3) is 3.84. The molecule has 0 bridgehead atoms. The molecule has 1 aliphatic rings. The van der Waals surface area contributed by atoms with Gasteiger partial charge in [0.1, 0.15) is 0 Å². The number of rotatable bonds is 3. The molecule has 7 aromatic carbocycles. The quantitative estimate of drug-likeness (QED) is 0.208. The van der Waals surface area contributed by atoms with Crippen LogP contribution < -0.4 is 0 Å². The lowest BCUT2D eigenvalue weighted by Gasteiger charge is -2.22. The summed E-state index contributed by atoms with van der Waals surface area (Å²) in [5.41, 5.74) is 9.23. The lowest BCUT2D eigenvalue weighted by atomic mass is 9.81. The first-order valence-electron chi connectivity index (χ1n) is 14.1. The molecule has 7 aromatic rings. The minimum Gasteiger partial charge on any atom is -0.0830 e. The summed E-state index contributed by atoms with van der Waals surface area (Å²) in [5, 5.41) is 7.72. The maximum atomic E-state index is 2.39. The fourth-order valence-corrected chi connectivity index (χ4v) is 6.58. The molecule has 0 amide bonds. The van der Waals surface area contributed by atoms with Crippen molar-refractivity contribution in [1.82, 2.24) is 0 Å². The summed E-state index contributed by atoms with van der Waals surface area (Å²) >= 11 is 0. The Balaban J connectivity index is 1.18. The van der Waals surface area contributed by atoms with E-state index < -0.39 is 0 Å². The maximum Gasteiger partial charge on any atom is 0.0130 e. The van der Waals surface area contributed by atoms with E-state index in [-0.39, 0.29) is 0 Å². The molecule has 0 spiro atoms. The van der Waals surface area contributed by atoms with Crippen LogP contribution in [0.15, 0.2) is 146 Å². The van der Waals surface area contributed by atoms with Gasteiger partial charge in [0.15, 0.2) is 0 Å². The van der Waals surface area contributed by atoms with Crippen molar-refractivity contribution in [2.45, 2.75) is 12.3 Å². The summed E-state index contributed by atoms with van der Waals surface area (Å²) < 4.78 is 0. The first kappa shape index (κ1) is 23.0. The summed E-state index contributed by atoms with van der Waals surface area (Å²) in [6, 6.07) is 51.5. The van der Waals surface area contributed by atoms with Crippen LogP contribution in [0.1, 0.15) is 29.0 Å². The van der Waals surface area contributed by atoms with E-state index in [1.54, 1.807) is 0 Å². The van der Waals surface area contributed by atoms with Crippen LogP contribution in [0.4, 0.5) is 0 Å². The molecule has 0 saturated heterocycles. The Morgan fingerprint density at radius 2 is 1.15 bits per heavy atom. The van der Waals surface area contributed by atoms with Crippen LogP contribution in [-0.4, -0.2) is 0 Å². The van der Waals surface area contributed by atoms with E-state index in [9.17, 15) is 0 Å². The van der Waals surface area contributed by atoms with Gasteiger partial charge in [-0.15, -0.1) is 0 Å². The molecule has 0 saturated carbocycles. The van der Waals surface area contributed by atoms with Gasteiger partial charge in [0.25, 0.3) is 0 Å². The molecule has 0 N–H and O–H groups in total. The van der Waals surface area contributed by atoms with Crippen LogP contribution in [0.2, 0.25) is 0 Å². The van der Waals surface area contributed by atoms with Gasteiger partial charge in [0, 0.05) is 5.92 Å². The Bertz CT molecular complexity index is 2090. The Kier molecular flexibility index (Phi) is 5.38. The third-order valence-electron chi connectivity index (χ3n) is 8.60.